The molecule has 1 saturated heterocycles. The first kappa shape index (κ1) is 12.8. The topological polar surface area (TPSA) is 64.4 Å². The van der Waals surface area contributed by atoms with Crippen molar-refractivity contribution < 1.29 is 9.53 Å². The molecule has 1 amide bonds. The molecule has 3 unspecified atom stereocenters. The van der Waals surface area contributed by atoms with E-state index in [0.717, 1.165) is 25.9 Å². The number of hydrogen-bond donors (Lipinski definition) is 2. The first-order valence-electron chi connectivity index (χ1n) is 6.88. The normalized spacial score (nSPS) is 30.2. The molecule has 1 heterocycles. The lowest BCUT2D eigenvalue weighted by atomic mass is 10.0. The number of rotatable bonds is 6. The van der Waals surface area contributed by atoms with E-state index in [1.54, 1.807) is 0 Å². The van der Waals surface area contributed by atoms with Crippen molar-refractivity contribution in [1.29, 1.82) is 0 Å². The van der Waals surface area contributed by atoms with Crippen LogP contribution in [0.1, 0.15) is 39.0 Å². The van der Waals surface area contributed by atoms with Gasteiger partial charge in [0.15, 0.2) is 0 Å². The zero-order valence-corrected chi connectivity index (χ0v) is 10.7. The monoisotopic (exact) mass is 240 g/mol. The van der Waals surface area contributed by atoms with Crippen LogP contribution in [0.5, 0.6) is 0 Å². The summed E-state index contributed by atoms with van der Waals surface area (Å²) in [5.41, 5.74) is 5.65. The Morgan fingerprint density at radius 2 is 2.24 bits per heavy atom. The Morgan fingerprint density at radius 3 is 2.82 bits per heavy atom. The Kier molecular flexibility index (Phi) is 4.40. The molecule has 2 rings (SSSR count). The average Bonchev–Trinajstić information content (AvgIpc) is 3.07. The van der Waals surface area contributed by atoms with Gasteiger partial charge in [0.25, 0.3) is 0 Å². The second-order valence-electron chi connectivity index (χ2n) is 5.30. The molecule has 98 valence electrons. The van der Waals surface area contributed by atoms with Crippen LogP contribution in [-0.4, -0.2) is 31.2 Å². The van der Waals surface area contributed by atoms with E-state index in [0.29, 0.717) is 12.5 Å². The number of nitrogens with one attached hydrogen (secondary N) is 1. The third kappa shape index (κ3) is 3.19. The summed E-state index contributed by atoms with van der Waals surface area (Å²) in [4.78, 5) is 12.1. The standard InChI is InChI=1S/C13H24N2O2/c1-2-3-10(8-14)13(16)15-11-6-7-17-12(11)9-4-5-9/h9-12H,2-8,14H2,1H3,(H,15,16). The number of ether oxygens (including phenoxy) is 1. The summed E-state index contributed by atoms with van der Waals surface area (Å²) in [5.74, 6) is 0.779. The van der Waals surface area contributed by atoms with Crippen LogP contribution in [0.2, 0.25) is 0 Å². The molecule has 17 heavy (non-hydrogen) atoms. The van der Waals surface area contributed by atoms with Crippen molar-refractivity contribution >= 4 is 5.91 Å². The number of amides is 1. The minimum atomic E-state index is -0.0274. The van der Waals surface area contributed by atoms with E-state index in [9.17, 15) is 4.79 Å². The van der Waals surface area contributed by atoms with Gasteiger partial charge in [0, 0.05) is 13.2 Å². The fourth-order valence-corrected chi connectivity index (χ4v) is 2.66. The number of hydrogen-bond acceptors (Lipinski definition) is 3. The van der Waals surface area contributed by atoms with Crippen molar-refractivity contribution in [3.05, 3.63) is 0 Å². The van der Waals surface area contributed by atoms with E-state index in [4.69, 9.17) is 10.5 Å². The van der Waals surface area contributed by atoms with Crippen molar-refractivity contribution in [3.8, 4) is 0 Å². The van der Waals surface area contributed by atoms with Crippen LogP contribution >= 0.6 is 0 Å². The molecular formula is C13H24N2O2. The van der Waals surface area contributed by atoms with Gasteiger partial charge in [-0.2, -0.15) is 0 Å². The zero-order valence-electron chi connectivity index (χ0n) is 10.7. The summed E-state index contributed by atoms with van der Waals surface area (Å²) in [6.07, 6.45) is 5.61. The van der Waals surface area contributed by atoms with E-state index in [-0.39, 0.29) is 24.0 Å². The van der Waals surface area contributed by atoms with Crippen LogP contribution in [0.3, 0.4) is 0 Å². The highest BCUT2D eigenvalue weighted by atomic mass is 16.5. The third-order valence-corrected chi connectivity index (χ3v) is 3.84. The predicted molar refractivity (Wildman–Crippen MR) is 66.5 cm³/mol. The summed E-state index contributed by atoms with van der Waals surface area (Å²) >= 11 is 0. The Balaban J connectivity index is 1.84. The van der Waals surface area contributed by atoms with Crippen LogP contribution in [0.25, 0.3) is 0 Å². The Labute approximate surface area is 103 Å². The van der Waals surface area contributed by atoms with Crippen molar-refractivity contribution in [1.82, 2.24) is 5.32 Å². The quantitative estimate of drug-likeness (QED) is 0.729. The van der Waals surface area contributed by atoms with E-state index < -0.39 is 0 Å². The molecule has 0 bridgehead atoms. The van der Waals surface area contributed by atoms with Crippen LogP contribution < -0.4 is 11.1 Å². The van der Waals surface area contributed by atoms with Crippen LogP contribution in [-0.2, 0) is 9.53 Å². The lowest BCUT2D eigenvalue weighted by Crippen LogP contribution is -2.45. The van der Waals surface area contributed by atoms with Crippen molar-refractivity contribution in [2.45, 2.75) is 51.2 Å². The molecule has 1 aliphatic heterocycles. The first-order chi connectivity index (χ1) is 8.26. The molecule has 0 aromatic rings. The molecule has 0 aromatic carbocycles. The molecule has 0 spiro atoms. The molecule has 2 fully saturated rings. The van der Waals surface area contributed by atoms with Gasteiger partial charge >= 0.3 is 0 Å². The van der Waals surface area contributed by atoms with Gasteiger partial charge < -0.3 is 15.8 Å². The van der Waals surface area contributed by atoms with Gasteiger partial charge in [-0.3, -0.25) is 4.79 Å². The van der Waals surface area contributed by atoms with Crippen LogP contribution in [0.4, 0.5) is 0 Å². The molecule has 1 aliphatic carbocycles. The van der Waals surface area contributed by atoms with Crippen molar-refractivity contribution in [2.75, 3.05) is 13.2 Å². The Hall–Kier alpha value is -0.610. The highest BCUT2D eigenvalue weighted by molar-refractivity contribution is 5.79. The summed E-state index contributed by atoms with van der Waals surface area (Å²) in [5, 5.41) is 3.14. The fraction of sp³-hybridized carbons (Fsp3) is 0.923. The summed E-state index contributed by atoms with van der Waals surface area (Å²) in [7, 11) is 0. The zero-order chi connectivity index (χ0) is 12.3. The summed E-state index contributed by atoms with van der Waals surface area (Å²) in [6.45, 7) is 3.32. The van der Waals surface area contributed by atoms with Gasteiger partial charge in [0.1, 0.15) is 0 Å². The SMILES string of the molecule is CCCC(CN)C(=O)NC1CCOC1C1CC1. The van der Waals surface area contributed by atoms with E-state index in [2.05, 4.69) is 12.2 Å². The summed E-state index contributed by atoms with van der Waals surface area (Å²) in [6, 6.07) is 0.223. The molecule has 3 N–H and O–H groups in total. The summed E-state index contributed by atoms with van der Waals surface area (Å²) < 4.78 is 5.72. The van der Waals surface area contributed by atoms with Gasteiger partial charge in [-0.05, 0) is 31.6 Å². The van der Waals surface area contributed by atoms with E-state index in [1.165, 1.54) is 12.8 Å². The van der Waals surface area contributed by atoms with E-state index >= 15 is 0 Å². The minimum absolute atomic E-state index is 0.0274. The van der Waals surface area contributed by atoms with Crippen LogP contribution in [0.15, 0.2) is 0 Å². The lowest BCUT2D eigenvalue weighted by Gasteiger charge is -2.22. The Morgan fingerprint density at radius 1 is 1.47 bits per heavy atom. The molecule has 1 saturated carbocycles. The van der Waals surface area contributed by atoms with Crippen molar-refractivity contribution in [3.63, 3.8) is 0 Å². The smallest absolute Gasteiger partial charge is 0.224 e. The van der Waals surface area contributed by atoms with E-state index in [1.807, 2.05) is 0 Å². The maximum Gasteiger partial charge on any atom is 0.224 e. The van der Waals surface area contributed by atoms with Gasteiger partial charge in [-0.15, -0.1) is 0 Å². The van der Waals surface area contributed by atoms with Crippen LogP contribution in [0, 0.1) is 11.8 Å². The highest BCUT2D eigenvalue weighted by Gasteiger charge is 2.41. The molecular weight excluding hydrogens is 216 g/mol. The maximum atomic E-state index is 12.1. The van der Waals surface area contributed by atoms with Gasteiger partial charge in [-0.1, -0.05) is 13.3 Å². The molecule has 3 atom stereocenters. The minimum Gasteiger partial charge on any atom is -0.376 e. The predicted octanol–water partition coefficient (Wildman–Crippen LogP) is 1.05. The number of carbonyl (C=O) groups excluding carboxylic acids is 1. The second kappa shape index (κ2) is 5.83. The second-order valence-corrected chi connectivity index (χ2v) is 5.30. The molecule has 0 aromatic heterocycles. The average molecular weight is 240 g/mol. The third-order valence-electron chi connectivity index (χ3n) is 3.84. The molecule has 0 radical (unpaired) electrons. The first-order valence-corrected chi connectivity index (χ1v) is 6.88. The fourth-order valence-electron chi connectivity index (χ4n) is 2.66. The molecule has 4 nitrogen and oxygen atoms in total. The molecule has 2 aliphatic rings. The van der Waals surface area contributed by atoms with Gasteiger partial charge in [0.05, 0.1) is 18.1 Å². The van der Waals surface area contributed by atoms with Crippen molar-refractivity contribution in [2.24, 2.45) is 17.6 Å². The Bertz CT molecular complexity index is 266. The number of carbonyl (C=O) groups is 1. The van der Waals surface area contributed by atoms with Gasteiger partial charge in [-0.25, -0.2) is 0 Å². The highest BCUT2D eigenvalue weighted by Crippen LogP contribution is 2.38. The largest absolute Gasteiger partial charge is 0.376 e. The lowest BCUT2D eigenvalue weighted by molar-refractivity contribution is -0.126. The van der Waals surface area contributed by atoms with Gasteiger partial charge in [0.2, 0.25) is 5.91 Å². The molecule has 4 heteroatoms. The maximum absolute atomic E-state index is 12.1. The number of nitrogens with two attached hydrogens (primary N) is 1.